The second-order valence-electron chi connectivity index (χ2n) is 11.0. The minimum absolute atomic E-state index is 0.0284. The third-order valence-corrected chi connectivity index (χ3v) is 11.1. The molecule has 0 aliphatic carbocycles. The fraction of sp³-hybridized carbons (Fsp3) is 0.176. The number of aryl methyl sites for hydroxylation is 1. The van der Waals surface area contributed by atoms with Crippen LogP contribution >= 0.6 is 46.5 Å². The monoisotopic (exact) mass is 777 g/mol. The molecule has 2 atom stereocenters. The van der Waals surface area contributed by atoms with Crippen LogP contribution in [0, 0.1) is 0 Å². The summed E-state index contributed by atoms with van der Waals surface area (Å²) in [5.74, 6) is -2.74. The molecule has 4 aromatic rings. The number of anilines is 1. The maximum atomic E-state index is 14.3. The highest BCUT2D eigenvalue weighted by molar-refractivity contribution is 8.08. The number of thioether (sulfide) groups is 2. The molecule has 2 aromatic carbocycles. The Bertz CT molecular complexity index is 2060. The Hall–Kier alpha value is -5.23. The van der Waals surface area contributed by atoms with Gasteiger partial charge in [-0.15, -0.1) is 11.8 Å². The van der Waals surface area contributed by atoms with E-state index in [1.165, 1.54) is 28.4 Å². The van der Waals surface area contributed by atoms with Gasteiger partial charge >= 0.3 is 11.9 Å². The highest BCUT2D eigenvalue weighted by atomic mass is 35.5. The fourth-order valence-electron chi connectivity index (χ4n) is 5.21. The molecular weight excluding hydrogens is 750 g/mol. The predicted molar refractivity (Wildman–Crippen MR) is 198 cm³/mol. The van der Waals surface area contributed by atoms with Crippen LogP contribution in [-0.4, -0.2) is 72.7 Å². The largest absolute Gasteiger partial charge is 0.448 e. The van der Waals surface area contributed by atoms with Gasteiger partial charge in [0.05, 0.1) is 6.20 Å². The summed E-state index contributed by atoms with van der Waals surface area (Å²) in [6.07, 6.45) is 4.97. The number of carbonyl (C=O) groups excluding carboxylic acids is 5. The molecule has 1 saturated heterocycles. The van der Waals surface area contributed by atoms with Crippen LogP contribution in [0.1, 0.15) is 35.4 Å². The lowest BCUT2D eigenvalue weighted by molar-refractivity contribution is -0.154. The van der Waals surface area contributed by atoms with Gasteiger partial charge in [0.25, 0.3) is 11.8 Å². The first kappa shape index (κ1) is 36.6. The van der Waals surface area contributed by atoms with Crippen molar-refractivity contribution < 1.29 is 33.5 Å². The van der Waals surface area contributed by atoms with E-state index in [9.17, 15) is 24.0 Å². The van der Waals surface area contributed by atoms with E-state index in [2.05, 4.69) is 25.9 Å². The number of oxime groups is 1. The summed E-state index contributed by atoms with van der Waals surface area (Å²) in [6.45, 7) is 1.08. The van der Waals surface area contributed by atoms with Crippen LogP contribution in [0.5, 0.6) is 0 Å². The molecule has 3 amide bonds. The number of ether oxygens (including phenoxy) is 1. The molecule has 1 fully saturated rings. The van der Waals surface area contributed by atoms with Crippen LogP contribution in [0.4, 0.5) is 5.13 Å². The number of nitrogens with zero attached hydrogens (tertiary/aromatic N) is 5. The van der Waals surface area contributed by atoms with Gasteiger partial charge in [-0.25, -0.2) is 14.6 Å². The van der Waals surface area contributed by atoms with Gasteiger partial charge in [0, 0.05) is 36.4 Å². The number of aromatic nitrogens is 3. The second-order valence-corrected chi connectivity index (χ2v) is 14.7. The zero-order chi connectivity index (χ0) is 36.8. The standard InChI is InChI=1S/C34H28ClN7O7S3/c1-19(44)49-40-25(24-29(35)52-34(39-24)36-18-43)30(45)38-26-31(46)42-27(23(17-51-32(26)42)50-14-13-20-15-37-41(2)16-20)33(47)48-28(21-9-5-3-6-10-21)22-11-7-4-8-12-22/h3-16,18,26,28,32H,17H2,1-2H3,(H,38,45)(H,36,39,43)/b14-13+,40-25-/t26-,32-/m1/s1. The number of β-lactam (4-membered cyclic amide) rings is 1. The summed E-state index contributed by atoms with van der Waals surface area (Å²) in [4.78, 5) is 75.0. The van der Waals surface area contributed by atoms with Crippen LogP contribution < -0.4 is 10.6 Å². The molecule has 0 bridgehead atoms. The number of carbonyl (C=O) groups is 5. The van der Waals surface area contributed by atoms with Crippen molar-refractivity contribution in [1.29, 1.82) is 0 Å². The zero-order valence-corrected chi connectivity index (χ0v) is 30.5. The lowest BCUT2D eigenvalue weighted by atomic mass is 10.0. The third kappa shape index (κ3) is 8.12. The Morgan fingerprint density at radius 2 is 1.81 bits per heavy atom. The SMILES string of the molecule is CC(=O)O/N=C(\C(=O)N[C@@H]1C(=O)N2C(C(=O)OC(c3ccccc3)c3ccccc3)=C(S/C=C/c3cnn(C)c3)CS[C@H]12)c1nc(NC=O)sc1Cl. The Labute approximate surface area is 314 Å². The van der Waals surface area contributed by atoms with E-state index in [1.54, 1.807) is 23.3 Å². The summed E-state index contributed by atoms with van der Waals surface area (Å²) >= 11 is 9.75. The number of hydrogen-bond donors (Lipinski definition) is 2. The van der Waals surface area contributed by atoms with Crippen LogP contribution in [0.2, 0.25) is 4.34 Å². The lowest BCUT2D eigenvalue weighted by Crippen LogP contribution is -2.71. The maximum Gasteiger partial charge on any atom is 0.356 e. The first-order valence-electron chi connectivity index (χ1n) is 15.4. The van der Waals surface area contributed by atoms with E-state index in [4.69, 9.17) is 21.2 Å². The van der Waals surface area contributed by atoms with E-state index < -0.39 is 47.0 Å². The molecule has 2 aromatic heterocycles. The number of hydrogen-bond acceptors (Lipinski definition) is 13. The summed E-state index contributed by atoms with van der Waals surface area (Å²) in [7, 11) is 1.80. The van der Waals surface area contributed by atoms with Gasteiger partial charge < -0.3 is 20.2 Å². The van der Waals surface area contributed by atoms with Crippen molar-refractivity contribution in [2.24, 2.45) is 12.2 Å². The van der Waals surface area contributed by atoms with Crippen LogP contribution in [-0.2, 0) is 40.6 Å². The first-order chi connectivity index (χ1) is 25.1. The van der Waals surface area contributed by atoms with Gasteiger partial charge in [-0.2, -0.15) is 5.10 Å². The number of halogens is 1. The maximum absolute atomic E-state index is 14.3. The van der Waals surface area contributed by atoms with Crippen molar-refractivity contribution in [3.8, 4) is 0 Å². The normalized spacial score (nSPS) is 17.1. The molecular formula is C34H28ClN7O7S3. The van der Waals surface area contributed by atoms with Crippen molar-refractivity contribution in [3.63, 3.8) is 0 Å². The number of thiazole rings is 1. The summed E-state index contributed by atoms with van der Waals surface area (Å²) in [6, 6.07) is 17.4. The Balaban J connectivity index is 1.29. The lowest BCUT2D eigenvalue weighted by Gasteiger charge is -2.49. The molecule has 18 heteroatoms. The molecule has 4 heterocycles. The Morgan fingerprint density at radius 3 is 2.42 bits per heavy atom. The van der Waals surface area contributed by atoms with E-state index in [1.807, 2.05) is 72.9 Å². The zero-order valence-electron chi connectivity index (χ0n) is 27.3. The number of fused-ring (bicyclic) bond motifs is 1. The highest BCUT2D eigenvalue weighted by Gasteiger charge is 2.55. The molecule has 0 spiro atoms. The van der Waals surface area contributed by atoms with Gasteiger partial charge in [-0.3, -0.25) is 24.0 Å². The Kier molecular flexibility index (Phi) is 11.5. The minimum Gasteiger partial charge on any atom is -0.448 e. The van der Waals surface area contributed by atoms with Crippen LogP contribution in [0.15, 0.2) is 94.2 Å². The van der Waals surface area contributed by atoms with Crippen molar-refractivity contribution in [1.82, 2.24) is 25.0 Å². The molecule has 2 N–H and O–H groups in total. The molecule has 2 aliphatic heterocycles. The van der Waals surface area contributed by atoms with E-state index >= 15 is 0 Å². The second kappa shape index (κ2) is 16.4. The molecule has 0 saturated carbocycles. The molecule has 0 unspecified atom stereocenters. The smallest absolute Gasteiger partial charge is 0.356 e. The van der Waals surface area contributed by atoms with Crippen molar-refractivity contribution in [2.75, 3.05) is 11.1 Å². The molecule has 52 heavy (non-hydrogen) atoms. The number of esters is 1. The molecule has 6 rings (SSSR count). The summed E-state index contributed by atoms with van der Waals surface area (Å²) < 4.78 is 7.84. The quantitative estimate of drug-likeness (QED) is 0.0481. The number of rotatable bonds is 13. The number of nitrogens with one attached hydrogen (secondary N) is 2. The molecule has 266 valence electrons. The Morgan fingerprint density at radius 1 is 1.12 bits per heavy atom. The van der Waals surface area contributed by atoms with E-state index in [0.29, 0.717) is 17.1 Å². The average Bonchev–Trinajstić information content (AvgIpc) is 3.73. The number of amides is 3. The molecule has 14 nitrogen and oxygen atoms in total. The predicted octanol–water partition coefficient (Wildman–Crippen LogP) is 4.71. The van der Waals surface area contributed by atoms with Crippen LogP contribution in [0.3, 0.4) is 0 Å². The van der Waals surface area contributed by atoms with E-state index in [-0.39, 0.29) is 20.9 Å². The average molecular weight is 778 g/mol. The van der Waals surface area contributed by atoms with Crippen LogP contribution in [0.25, 0.3) is 6.08 Å². The topological polar surface area (TPSA) is 174 Å². The van der Waals surface area contributed by atoms with Gasteiger partial charge in [-0.1, -0.05) is 101 Å². The van der Waals surface area contributed by atoms with Crippen molar-refractivity contribution in [3.05, 3.63) is 116 Å². The fourth-order valence-corrected chi connectivity index (χ4v) is 8.57. The van der Waals surface area contributed by atoms with Gasteiger partial charge in [-0.05, 0) is 22.6 Å². The number of benzene rings is 2. The van der Waals surface area contributed by atoms with Crippen molar-refractivity contribution >= 4 is 93.5 Å². The van der Waals surface area contributed by atoms with Gasteiger partial charge in [0.2, 0.25) is 6.41 Å². The van der Waals surface area contributed by atoms with Gasteiger partial charge in [0.15, 0.2) is 16.9 Å². The summed E-state index contributed by atoms with van der Waals surface area (Å²) in [5, 5.41) is 13.9. The van der Waals surface area contributed by atoms with Crippen molar-refractivity contribution in [2.45, 2.75) is 24.4 Å². The minimum atomic E-state index is -1.11. The molecule has 2 aliphatic rings. The third-order valence-electron chi connectivity index (χ3n) is 7.51. The highest BCUT2D eigenvalue weighted by Crippen LogP contribution is 2.45. The molecule has 0 radical (unpaired) electrons. The van der Waals surface area contributed by atoms with E-state index in [0.717, 1.165) is 35.0 Å². The summed E-state index contributed by atoms with van der Waals surface area (Å²) in [5.41, 5.74) is 1.70. The first-order valence-corrected chi connectivity index (χ1v) is 18.5. The van der Waals surface area contributed by atoms with Gasteiger partial charge in [0.1, 0.15) is 27.1 Å².